The lowest BCUT2D eigenvalue weighted by atomic mass is 9.49. The number of anilines is 1. The Hall–Kier alpha value is -3.04. The molecule has 0 atom stereocenters. The van der Waals surface area contributed by atoms with Gasteiger partial charge in [0.05, 0.1) is 10.6 Å². The standard InChI is InChI=1S/C26H28ClN3O3/c1-25(2)23(26(3,4)24(25)33-20-10-7-18(12-28)21(27)11-20)29-22(32)17-5-8-19(9-6-17)30-13-16(14-30)15-31/h5-11,15-16,23-24H,13-14H2,1-4H3,(H,29,32)/t23-,24-. The van der Waals surface area contributed by atoms with Crippen molar-refractivity contribution in [2.45, 2.75) is 39.8 Å². The molecule has 33 heavy (non-hydrogen) atoms. The summed E-state index contributed by atoms with van der Waals surface area (Å²) in [5.41, 5.74) is 1.39. The molecule has 1 saturated heterocycles. The monoisotopic (exact) mass is 465 g/mol. The summed E-state index contributed by atoms with van der Waals surface area (Å²) in [6.07, 6.45) is 0.840. The number of aldehydes is 1. The molecule has 1 saturated carbocycles. The largest absolute Gasteiger partial charge is 0.489 e. The number of nitriles is 1. The maximum atomic E-state index is 13.0. The summed E-state index contributed by atoms with van der Waals surface area (Å²) in [5.74, 6) is 0.585. The molecule has 1 heterocycles. The number of carbonyl (C=O) groups is 2. The smallest absolute Gasteiger partial charge is 0.251 e. The fourth-order valence-electron chi connectivity index (χ4n) is 5.44. The van der Waals surface area contributed by atoms with Gasteiger partial charge in [-0.3, -0.25) is 4.79 Å². The molecule has 7 heteroatoms. The molecule has 4 rings (SSSR count). The van der Waals surface area contributed by atoms with Crippen LogP contribution in [0, 0.1) is 28.1 Å². The number of halogens is 1. The maximum Gasteiger partial charge on any atom is 0.251 e. The molecule has 1 amide bonds. The second kappa shape index (κ2) is 8.39. The number of nitrogens with zero attached hydrogens (tertiary/aromatic N) is 2. The first-order valence-corrected chi connectivity index (χ1v) is 11.4. The SMILES string of the molecule is CC1(C)[C@H](NC(=O)c2ccc(N3CC(C=O)C3)cc2)C(C)(C)[C@H]1Oc1ccc(C#N)c(Cl)c1. The summed E-state index contributed by atoms with van der Waals surface area (Å²) in [5, 5.41) is 12.6. The van der Waals surface area contributed by atoms with Crippen LogP contribution in [-0.2, 0) is 4.79 Å². The van der Waals surface area contributed by atoms with Gasteiger partial charge < -0.3 is 19.7 Å². The predicted molar refractivity (Wildman–Crippen MR) is 128 cm³/mol. The van der Waals surface area contributed by atoms with Crippen LogP contribution in [-0.4, -0.2) is 37.4 Å². The highest BCUT2D eigenvalue weighted by molar-refractivity contribution is 6.31. The van der Waals surface area contributed by atoms with E-state index in [0.29, 0.717) is 21.9 Å². The number of rotatable bonds is 6. The molecule has 0 radical (unpaired) electrons. The molecule has 2 fully saturated rings. The molecule has 172 valence electrons. The molecule has 0 spiro atoms. The second-order valence-corrected chi connectivity index (χ2v) is 10.6. The Morgan fingerprint density at radius 3 is 2.33 bits per heavy atom. The zero-order valence-corrected chi connectivity index (χ0v) is 20.0. The van der Waals surface area contributed by atoms with E-state index < -0.39 is 0 Å². The van der Waals surface area contributed by atoms with Gasteiger partial charge in [0.25, 0.3) is 5.91 Å². The van der Waals surface area contributed by atoms with Crippen LogP contribution in [0.25, 0.3) is 0 Å². The lowest BCUT2D eigenvalue weighted by molar-refractivity contribution is -0.164. The quantitative estimate of drug-likeness (QED) is 0.637. The highest BCUT2D eigenvalue weighted by Gasteiger charge is 2.64. The van der Waals surface area contributed by atoms with Gasteiger partial charge in [-0.2, -0.15) is 5.26 Å². The Kier molecular flexibility index (Phi) is 5.88. The van der Waals surface area contributed by atoms with Gasteiger partial charge in [0.2, 0.25) is 0 Å². The van der Waals surface area contributed by atoms with Gasteiger partial charge in [-0.05, 0) is 36.4 Å². The zero-order valence-electron chi connectivity index (χ0n) is 19.3. The Labute approximate surface area is 199 Å². The molecule has 6 nitrogen and oxygen atoms in total. The molecule has 1 N–H and O–H groups in total. The summed E-state index contributed by atoms with van der Waals surface area (Å²) in [6, 6.07) is 14.5. The normalized spacial score (nSPS) is 23.0. The minimum atomic E-state index is -0.318. The van der Waals surface area contributed by atoms with Gasteiger partial charge in [0, 0.05) is 53.2 Å². The molecule has 2 aromatic carbocycles. The average Bonchev–Trinajstić information content (AvgIpc) is 2.75. The summed E-state index contributed by atoms with van der Waals surface area (Å²) < 4.78 is 6.28. The van der Waals surface area contributed by atoms with Crippen LogP contribution >= 0.6 is 11.6 Å². The van der Waals surface area contributed by atoms with E-state index in [1.165, 1.54) is 0 Å². The summed E-state index contributed by atoms with van der Waals surface area (Å²) in [7, 11) is 0. The zero-order chi connectivity index (χ0) is 24.0. The fourth-order valence-corrected chi connectivity index (χ4v) is 5.66. The van der Waals surface area contributed by atoms with E-state index in [0.717, 1.165) is 25.1 Å². The minimum absolute atomic E-state index is 0.0974. The van der Waals surface area contributed by atoms with E-state index in [-0.39, 0.29) is 34.8 Å². The molecule has 0 unspecified atom stereocenters. The highest BCUT2D eigenvalue weighted by Crippen LogP contribution is 2.55. The number of benzene rings is 2. The van der Waals surface area contributed by atoms with Crippen molar-refractivity contribution in [3.8, 4) is 11.8 Å². The first-order valence-electron chi connectivity index (χ1n) is 11.1. The molecular weight excluding hydrogens is 438 g/mol. The van der Waals surface area contributed by atoms with Gasteiger partial charge in [-0.1, -0.05) is 39.3 Å². The molecule has 1 aliphatic heterocycles. The third-order valence-electron chi connectivity index (χ3n) is 7.03. The maximum absolute atomic E-state index is 13.0. The van der Waals surface area contributed by atoms with Crippen LogP contribution in [0.3, 0.4) is 0 Å². The number of hydrogen-bond donors (Lipinski definition) is 1. The van der Waals surface area contributed by atoms with Gasteiger partial charge in [-0.15, -0.1) is 0 Å². The molecule has 0 bridgehead atoms. The fraction of sp³-hybridized carbons (Fsp3) is 0.423. The van der Waals surface area contributed by atoms with Crippen molar-refractivity contribution in [1.29, 1.82) is 5.26 Å². The number of hydrogen-bond acceptors (Lipinski definition) is 5. The van der Waals surface area contributed by atoms with E-state index >= 15 is 0 Å². The van der Waals surface area contributed by atoms with Crippen molar-refractivity contribution in [2.75, 3.05) is 18.0 Å². The minimum Gasteiger partial charge on any atom is -0.489 e. The van der Waals surface area contributed by atoms with Crippen molar-refractivity contribution in [3.63, 3.8) is 0 Å². The van der Waals surface area contributed by atoms with E-state index in [1.807, 2.05) is 30.3 Å². The second-order valence-electron chi connectivity index (χ2n) is 10.1. The third kappa shape index (κ3) is 4.06. The Morgan fingerprint density at radius 1 is 1.15 bits per heavy atom. The molecule has 2 aliphatic rings. The summed E-state index contributed by atoms with van der Waals surface area (Å²) in [6.45, 7) is 9.77. The van der Waals surface area contributed by atoms with Gasteiger partial charge in [0.1, 0.15) is 24.2 Å². The van der Waals surface area contributed by atoms with E-state index in [4.69, 9.17) is 21.6 Å². The lowest BCUT2D eigenvalue weighted by Gasteiger charge is -2.63. The van der Waals surface area contributed by atoms with Crippen molar-refractivity contribution < 1.29 is 14.3 Å². The molecule has 2 aromatic rings. The highest BCUT2D eigenvalue weighted by atomic mass is 35.5. The van der Waals surface area contributed by atoms with Crippen LogP contribution in [0.4, 0.5) is 5.69 Å². The van der Waals surface area contributed by atoms with Gasteiger partial charge >= 0.3 is 0 Å². The average molecular weight is 466 g/mol. The Balaban J connectivity index is 1.42. The molecule has 0 aromatic heterocycles. The Bertz CT molecular complexity index is 1100. The summed E-state index contributed by atoms with van der Waals surface area (Å²) >= 11 is 6.16. The Morgan fingerprint density at radius 2 is 1.79 bits per heavy atom. The topological polar surface area (TPSA) is 82.4 Å². The molecular formula is C26H28ClN3O3. The van der Waals surface area contributed by atoms with E-state index in [1.54, 1.807) is 18.2 Å². The summed E-state index contributed by atoms with van der Waals surface area (Å²) in [4.78, 5) is 25.9. The van der Waals surface area contributed by atoms with Crippen molar-refractivity contribution in [3.05, 3.63) is 58.6 Å². The van der Waals surface area contributed by atoms with Gasteiger partial charge in [-0.25, -0.2) is 0 Å². The third-order valence-corrected chi connectivity index (χ3v) is 7.34. The predicted octanol–water partition coefficient (Wildman–Crippen LogP) is 4.46. The number of nitrogens with one attached hydrogen (secondary N) is 1. The van der Waals surface area contributed by atoms with Crippen LogP contribution in [0.2, 0.25) is 5.02 Å². The first kappa shape index (κ1) is 23.1. The van der Waals surface area contributed by atoms with Crippen LogP contribution in [0.1, 0.15) is 43.6 Å². The van der Waals surface area contributed by atoms with Crippen LogP contribution < -0.4 is 15.0 Å². The van der Waals surface area contributed by atoms with Crippen molar-refractivity contribution >= 4 is 29.5 Å². The lowest BCUT2D eigenvalue weighted by Crippen LogP contribution is -2.74. The number of ether oxygens (including phenoxy) is 1. The number of amides is 1. The van der Waals surface area contributed by atoms with Crippen molar-refractivity contribution in [1.82, 2.24) is 5.32 Å². The van der Waals surface area contributed by atoms with Gasteiger partial charge in [0.15, 0.2) is 0 Å². The molecule has 1 aliphatic carbocycles. The first-order chi connectivity index (χ1) is 15.6. The number of carbonyl (C=O) groups excluding carboxylic acids is 2. The van der Waals surface area contributed by atoms with Crippen LogP contribution in [0.5, 0.6) is 5.75 Å². The van der Waals surface area contributed by atoms with Crippen LogP contribution in [0.15, 0.2) is 42.5 Å². The van der Waals surface area contributed by atoms with E-state index in [9.17, 15) is 9.59 Å². The van der Waals surface area contributed by atoms with E-state index in [2.05, 4.69) is 37.9 Å². The van der Waals surface area contributed by atoms with Crippen molar-refractivity contribution in [2.24, 2.45) is 16.7 Å².